The van der Waals surface area contributed by atoms with Crippen LogP contribution in [0.1, 0.15) is 45.2 Å². The van der Waals surface area contributed by atoms with Gasteiger partial charge in [-0.15, -0.1) is 0 Å². The summed E-state index contributed by atoms with van der Waals surface area (Å²) >= 11 is 0. The highest BCUT2D eigenvalue weighted by atomic mass is 16.6. The molecule has 0 saturated carbocycles. The van der Waals surface area contributed by atoms with Crippen LogP contribution in [0.5, 0.6) is 0 Å². The largest absolute Gasteiger partial charge is 0.455 e. The van der Waals surface area contributed by atoms with Crippen molar-refractivity contribution < 1.29 is 9.53 Å². The molecule has 0 heterocycles. The summed E-state index contributed by atoms with van der Waals surface area (Å²) in [6.45, 7) is 7.96. The van der Waals surface area contributed by atoms with Crippen molar-refractivity contribution in [2.24, 2.45) is 5.92 Å². The maximum atomic E-state index is 12.1. The fraction of sp³-hybridized carbons (Fsp3) is 0.391. The fourth-order valence-corrected chi connectivity index (χ4v) is 2.76. The third-order valence-corrected chi connectivity index (χ3v) is 4.28. The van der Waals surface area contributed by atoms with E-state index in [4.69, 9.17) is 10.1 Å². The van der Waals surface area contributed by atoms with Gasteiger partial charge in [0, 0.05) is 18.2 Å². The Balaban J connectivity index is 1.90. The Morgan fingerprint density at radius 1 is 1.04 bits per heavy atom. The molecule has 2 rings (SSSR count). The van der Waals surface area contributed by atoms with Gasteiger partial charge < -0.3 is 10.1 Å². The molecule has 0 fully saturated rings. The molecule has 2 aromatic carbocycles. The predicted octanol–water partition coefficient (Wildman–Crippen LogP) is 5.08. The number of esters is 1. The first-order valence-electron chi connectivity index (χ1n) is 9.47. The predicted molar refractivity (Wildman–Crippen MR) is 112 cm³/mol. The van der Waals surface area contributed by atoms with Gasteiger partial charge in [0.25, 0.3) is 0 Å². The lowest BCUT2D eigenvalue weighted by atomic mass is 9.99. The molecule has 0 bridgehead atoms. The second-order valence-corrected chi connectivity index (χ2v) is 7.76. The van der Waals surface area contributed by atoms with Crippen molar-refractivity contribution in [2.45, 2.75) is 46.1 Å². The van der Waals surface area contributed by atoms with Crippen molar-refractivity contribution in [1.29, 1.82) is 5.41 Å². The zero-order valence-corrected chi connectivity index (χ0v) is 16.7. The number of rotatable bonds is 8. The van der Waals surface area contributed by atoms with Gasteiger partial charge in [-0.05, 0) is 56.9 Å². The van der Waals surface area contributed by atoms with Crippen LogP contribution in [0.4, 0.5) is 5.69 Å². The van der Waals surface area contributed by atoms with Crippen molar-refractivity contribution in [3.05, 3.63) is 65.7 Å². The average Bonchev–Trinajstić information content (AvgIpc) is 2.63. The van der Waals surface area contributed by atoms with E-state index < -0.39 is 11.6 Å². The first-order chi connectivity index (χ1) is 12.8. The van der Waals surface area contributed by atoms with Crippen molar-refractivity contribution >= 4 is 17.4 Å². The quantitative estimate of drug-likeness (QED) is 0.506. The number of hydrogen-bond donors (Lipinski definition) is 2. The molecule has 27 heavy (non-hydrogen) atoms. The molecule has 0 aromatic heterocycles. The Hall–Kier alpha value is -2.62. The summed E-state index contributed by atoms with van der Waals surface area (Å²) in [5.41, 5.74) is 2.97. The summed E-state index contributed by atoms with van der Waals surface area (Å²) in [5, 5.41) is 11.5. The Labute approximate surface area is 162 Å². The van der Waals surface area contributed by atoms with Gasteiger partial charge in [-0.25, -0.2) is 4.79 Å². The van der Waals surface area contributed by atoms with Crippen LogP contribution in [0.15, 0.2) is 54.6 Å². The van der Waals surface area contributed by atoms with Gasteiger partial charge in [0.1, 0.15) is 11.3 Å². The normalized spacial score (nSPS) is 12.3. The first-order valence-corrected chi connectivity index (χ1v) is 9.47. The molecule has 0 radical (unpaired) electrons. The summed E-state index contributed by atoms with van der Waals surface area (Å²) < 4.78 is 5.32. The summed E-state index contributed by atoms with van der Waals surface area (Å²) in [4.78, 5) is 12.1. The van der Waals surface area contributed by atoms with Gasteiger partial charge in [0.15, 0.2) is 0 Å². The monoisotopic (exact) mass is 366 g/mol. The standard InChI is InChI=1S/C23H30N2O2/c1-5-19(21(24)22(26)27-23(2,3)4)16-25-20-13-11-18(12-14-20)15-17-9-7-6-8-10-17/h6-14,19,24-25H,5,15-16H2,1-4H3/t19-/m1/s1. The number of nitrogens with one attached hydrogen (secondary N) is 2. The van der Waals surface area contributed by atoms with Crippen molar-refractivity contribution in [3.63, 3.8) is 0 Å². The molecule has 4 nitrogen and oxygen atoms in total. The Morgan fingerprint density at radius 2 is 1.63 bits per heavy atom. The summed E-state index contributed by atoms with van der Waals surface area (Å²) in [6.07, 6.45) is 1.61. The fourth-order valence-electron chi connectivity index (χ4n) is 2.76. The molecule has 0 unspecified atom stereocenters. The van der Waals surface area contributed by atoms with E-state index in [1.807, 2.05) is 45.9 Å². The highest BCUT2D eigenvalue weighted by Crippen LogP contribution is 2.16. The maximum absolute atomic E-state index is 12.1. The SMILES string of the molecule is CC[C@H](CNc1ccc(Cc2ccccc2)cc1)C(=N)C(=O)OC(C)(C)C. The van der Waals surface area contributed by atoms with Crippen molar-refractivity contribution in [2.75, 3.05) is 11.9 Å². The molecule has 0 aliphatic carbocycles. The Morgan fingerprint density at radius 3 is 2.19 bits per heavy atom. The lowest BCUT2D eigenvalue weighted by molar-refractivity contribution is -0.146. The molecule has 0 amide bonds. The summed E-state index contributed by atoms with van der Waals surface area (Å²) in [7, 11) is 0. The van der Waals surface area contributed by atoms with Gasteiger partial charge in [0.2, 0.25) is 0 Å². The molecule has 2 N–H and O–H groups in total. The molecule has 144 valence electrons. The Kier molecular flexibility index (Phi) is 7.17. The minimum Gasteiger partial charge on any atom is -0.455 e. The number of benzene rings is 2. The molecule has 0 saturated heterocycles. The molecule has 2 aromatic rings. The van der Waals surface area contributed by atoms with E-state index in [2.05, 4.69) is 41.7 Å². The van der Waals surface area contributed by atoms with Crippen LogP contribution >= 0.6 is 0 Å². The third kappa shape index (κ3) is 6.89. The molecule has 0 aliphatic rings. The van der Waals surface area contributed by atoms with E-state index in [1.165, 1.54) is 11.1 Å². The topological polar surface area (TPSA) is 62.2 Å². The van der Waals surface area contributed by atoms with E-state index in [-0.39, 0.29) is 11.6 Å². The molecule has 0 spiro atoms. The van der Waals surface area contributed by atoms with Crippen molar-refractivity contribution in [3.8, 4) is 0 Å². The molecule has 1 atom stereocenters. The summed E-state index contributed by atoms with van der Waals surface area (Å²) in [6, 6.07) is 18.7. The second-order valence-electron chi connectivity index (χ2n) is 7.76. The van der Waals surface area contributed by atoms with Crippen LogP contribution < -0.4 is 5.32 Å². The van der Waals surface area contributed by atoms with Gasteiger partial charge in [-0.1, -0.05) is 49.4 Å². The highest BCUT2D eigenvalue weighted by Gasteiger charge is 2.25. The molecule has 4 heteroatoms. The lowest BCUT2D eigenvalue weighted by Crippen LogP contribution is -2.34. The zero-order valence-electron chi connectivity index (χ0n) is 16.7. The lowest BCUT2D eigenvalue weighted by Gasteiger charge is -2.22. The average molecular weight is 367 g/mol. The van der Waals surface area contributed by atoms with Gasteiger partial charge in [-0.3, -0.25) is 5.41 Å². The molecule has 0 aliphatic heterocycles. The number of ether oxygens (including phenoxy) is 1. The second kappa shape index (κ2) is 9.36. The smallest absolute Gasteiger partial charge is 0.352 e. The third-order valence-electron chi connectivity index (χ3n) is 4.28. The summed E-state index contributed by atoms with van der Waals surface area (Å²) in [5.74, 6) is -0.710. The molecular formula is C23H30N2O2. The first kappa shape index (κ1) is 20.7. The van der Waals surface area contributed by atoms with E-state index in [1.54, 1.807) is 0 Å². The minimum atomic E-state index is -0.580. The van der Waals surface area contributed by atoms with E-state index >= 15 is 0 Å². The van der Waals surface area contributed by atoms with Crippen LogP contribution in [0.25, 0.3) is 0 Å². The van der Waals surface area contributed by atoms with Crippen LogP contribution in [0.2, 0.25) is 0 Å². The van der Waals surface area contributed by atoms with Crippen LogP contribution in [-0.4, -0.2) is 23.8 Å². The van der Waals surface area contributed by atoms with E-state index in [0.29, 0.717) is 13.0 Å². The zero-order chi connectivity index (χ0) is 19.9. The highest BCUT2D eigenvalue weighted by molar-refractivity contribution is 6.36. The molecular weight excluding hydrogens is 336 g/mol. The van der Waals surface area contributed by atoms with Gasteiger partial charge >= 0.3 is 5.97 Å². The van der Waals surface area contributed by atoms with Crippen LogP contribution in [0, 0.1) is 11.3 Å². The minimum absolute atomic E-state index is 0.0284. The van der Waals surface area contributed by atoms with E-state index in [9.17, 15) is 4.79 Å². The van der Waals surface area contributed by atoms with Crippen LogP contribution in [0.3, 0.4) is 0 Å². The van der Waals surface area contributed by atoms with Gasteiger partial charge in [0.05, 0.1) is 0 Å². The number of carbonyl (C=O) groups excluding carboxylic acids is 1. The maximum Gasteiger partial charge on any atom is 0.352 e. The number of hydrogen-bond acceptors (Lipinski definition) is 4. The van der Waals surface area contributed by atoms with E-state index in [0.717, 1.165) is 12.1 Å². The number of carbonyl (C=O) groups is 1. The number of anilines is 1. The Bertz CT molecular complexity index is 746. The van der Waals surface area contributed by atoms with Crippen molar-refractivity contribution in [1.82, 2.24) is 0 Å². The van der Waals surface area contributed by atoms with Gasteiger partial charge in [-0.2, -0.15) is 0 Å². The van der Waals surface area contributed by atoms with Crippen LogP contribution in [-0.2, 0) is 16.0 Å².